The van der Waals surface area contributed by atoms with Crippen LogP contribution in [0.4, 0.5) is 5.69 Å². The van der Waals surface area contributed by atoms with Crippen molar-refractivity contribution in [2.45, 2.75) is 13.5 Å². The van der Waals surface area contributed by atoms with Crippen LogP contribution in [0.3, 0.4) is 0 Å². The van der Waals surface area contributed by atoms with E-state index in [0.29, 0.717) is 5.69 Å². The van der Waals surface area contributed by atoms with Crippen LogP contribution in [0.1, 0.15) is 5.69 Å². The minimum atomic E-state index is -0.0861. The Kier molecular flexibility index (Phi) is 3.78. The zero-order valence-electron chi connectivity index (χ0n) is 13.8. The lowest BCUT2D eigenvalue weighted by atomic mass is 10.2. The lowest BCUT2D eigenvalue weighted by Crippen LogP contribution is -2.20. The second-order valence-electron chi connectivity index (χ2n) is 5.84. The number of nitrogens with zero attached hydrogens (tertiary/aromatic N) is 4. The van der Waals surface area contributed by atoms with Gasteiger partial charge in [-0.25, -0.2) is 9.67 Å². The summed E-state index contributed by atoms with van der Waals surface area (Å²) in [5.41, 5.74) is 3.59. The highest BCUT2D eigenvalue weighted by molar-refractivity contribution is 5.94. The molecule has 0 saturated heterocycles. The molecule has 6 nitrogen and oxygen atoms in total. The Balaban J connectivity index is 1.60. The topological polar surface area (TPSA) is 64.7 Å². The molecule has 0 aliphatic rings. The maximum absolute atomic E-state index is 12.6. The molecule has 4 rings (SSSR count). The Bertz CT molecular complexity index is 1030. The molecule has 1 N–H and O–H groups in total. The number of carbonyl (C=O) groups excluding carboxylic acids is 1. The molecule has 0 fully saturated rings. The van der Waals surface area contributed by atoms with Crippen molar-refractivity contribution in [2.24, 2.45) is 0 Å². The van der Waals surface area contributed by atoms with Crippen molar-refractivity contribution in [3.05, 3.63) is 72.9 Å². The highest BCUT2D eigenvalue weighted by atomic mass is 16.1. The van der Waals surface area contributed by atoms with Crippen molar-refractivity contribution in [2.75, 3.05) is 5.32 Å². The van der Waals surface area contributed by atoms with Crippen LogP contribution in [0.15, 0.2) is 67.3 Å². The van der Waals surface area contributed by atoms with Crippen LogP contribution in [0, 0.1) is 6.92 Å². The summed E-state index contributed by atoms with van der Waals surface area (Å²) in [6.45, 7) is 2.27. The number of nitrogens with one attached hydrogen (secondary N) is 1. The van der Waals surface area contributed by atoms with Gasteiger partial charge < -0.3 is 9.88 Å². The smallest absolute Gasteiger partial charge is 0.244 e. The molecule has 0 saturated carbocycles. The van der Waals surface area contributed by atoms with Crippen LogP contribution < -0.4 is 5.32 Å². The van der Waals surface area contributed by atoms with Gasteiger partial charge in [0.25, 0.3) is 0 Å². The number of fused-ring (bicyclic) bond motifs is 1. The van der Waals surface area contributed by atoms with Crippen molar-refractivity contribution >= 4 is 22.5 Å². The zero-order valence-corrected chi connectivity index (χ0v) is 13.8. The maximum atomic E-state index is 12.6. The first-order chi connectivity index (χ1) is 12.2. The number of carbonyl (C=O) groups is 1. The molecule has 0 spiro atoms. The third kappa shape index (κ3) is 2.89. The largest absolute Gasteiger partial charge is 0.335 e. The van der Waals surface area contributed by atoms with E-state index < -0.39 is 0 Å². The Morgan fingerprint density at radius 2 is 1.92 bits per heavy atom. The first-order valence-electron chi connectivity index (χ1n) is 8.01. The summed E-state index contributed by atoms with van der Waals surface area (Å²) in [7, 11) is 0. The monoisotopic (exact) mass is 331 g/mol. The number of aryl methyl sites for hydroxylation is 1. The van der Waals surface area contributed by atoms with E-state index in [1.165, 1.54) is 6.33 Å². The zero-order chi connectivity index (χ0) is 17.2. The van der Waals surface area contributed by atoms with E-state index in [-0.39, 0.29) is 12.5 Å². The van der Waals surface area contributed by atoms with Crippen LogP contribution in [-0.2, 0) is 11.3 Å². The highest BCUT2D eigenvalue weighted by Gasteiger charge is 2.12. The average molecular weight is 331 g/mol. The van der Waals surface area contributed by atoms with Crippen molar-refractivity contribution in [3.63, 3.8) is 0 Å². The van der Waals surface area contributed by atoms with E-state index in [1.807, 2.05) is 54.0 Å². The van der Waals surface area contributed by atoms with Gasteiger partial charge in [0.15, 0.2) is 0 Å². The lowest BCUT2D eigenvalue weighted by molar-refractivity contribution is -0.116. The van der Waals surface area contributed by atoms with E-state index in [1.54, 1.807) is 11.0 Å². The SMILES string of the molecule is Cc1cc2ccccc2n1CC(=O)Nc1ccccc1-n1cncn1. The Hall–Kier alpha value is -3.41. The molecule has 0 radical (unpaired) electrons. The van der Waals surface area contributed by atoms with Gasteiger partial charge >= 0.3 is 0 Å². The molecule has 1 amide bonds. The van der Waals surface area contributed by atoms with Gasteiger partial charge in [0, 0.05) is 11.2 Å². The molecule has 0 aliphatic carbocycles. The fourth-order valence-corrected chi connectivity index (χ4v) is 3.00. The van der Waals surface area contributed by atoms with E-state index in [2.05, 4.69) is 27.5 Å². The number of amides is 1. The quantitative estimate of drug-likeness (QED) is 0.625. The molecule has 0 aliphatic heterocycles. The van der Waals surface area contributed by atoms with E-state index >= 15 is 0 Å². The van der Waals surface area contributed by atoms with Gasteiger partial charge in [0.1, 0.15) is 19.2 Å². The Morgan fingerprint density at radius 3 is 2.76 bits per heavy atom. The minimum absolute atomic E-state index is 0.0861. The summed E-state index contributed by atoms with van der Waals surface area (Å²) in [5, 5.41) is 8.25. The highest BCUT2D eigenvalue weighted by Crippen LogP contribution is 2.21. The summed E-state index contributed by atoms with van der Waals surface area (Å²) in [5.74, 6) is -0.0861. The van der Waals surface area contributed by atoms with Gasteiger partial charge in [-0.1, -0.05) is 30.3 Å². The minimum Gasteiger partial charge on any atom is -0.335 e. The van der Waals surface area contributed by atoms with Gasteiger partial charge in [-0.05, 0) is 36.6 Å². The van der Waals surface area contributed by atoms with E-state index in [4.69, 9.17) is 0 Å². The molecular weight excluding hydrogens is 314 g/mol. The first kappa shape index (κ1) is 15.1. The van der Waals surface area contributed by atoms with E-state index in [9.17, 15) is 4.79 Å². The van der Waals surface area contributed by atoms with Crippen LogP contribution in [-0.4, -0.2) is 25.2 Å². The van der Waals surface area contributed by atoms with Gasteiger partial charge in [0.05, 0.1) is 11.4 Å². The number of hydrogen-bond acceptors (Lipinski definition) is 3. The van der Waals surface area contributed by atoms with Crippen LogP contribution in [0.2, 0.25) is 0 Å². The summed E-state index contributed by atoms with van der Waals surface area (Å²) >= 11 is 0. The number of anilines is 1. The van der Waals surface area contributed by atoms with Crippen LogP contribution in [0.25, 0.3) is 16.6 Å². The number of para-hydroxylation sites is 3. The van der Waals surface area contributed by atoms with Gasteiger partial charge in [-0.3, -0.25) is 4.79 Å². The molecule has 6 heteroatoms. The van der Waals surface area contributed by atoms with Crippen molar-refractivity contribution in [1.82, 2.24) is 19.3 Å². The molecule has 124 valence electrons. The van der Waals surface area contributed by atoms with Crippen molar-refractivity contribution in [3.8, 4) is 5.69 Å². The van der Waals surface area contributed by atoms with Crippen molar-refractivity contribution < 1.29 is 4.79 Å². The van der Waals surface area contributed by atoms with Crippen LogP contribution in [0.5, 0.6) is 0 Å². The fraction of sp³-hybridized carbons (Fsp3) is 0.105. The summed E-state index contributed by atoms with van der Waals surface area (Å²) in [4.78, 5) is 16.6. The molecule has 0 atom stereocenters. The number of rotatable bonds is 4. The predicted molar refractivity (Wildman–Crippen MR) is 96.7 cm³/mol. The van der Waals surface area contributed by atoms with Crippen molar-refractivity contribution in [1.29, 1.82) is 0 Å². The van der Waals surface area contributed by atoms with Crippen LogP contribution >= 0.6 is 0 Å². The third-order valence-corrected chi connectivity index (χ3v) is 4.16. The van der Waals surface area contributed by atoms with Gasteiger partial charge in [-0.15, -0.1) is 0 Å². The molecule has 0 unspecified atom stereocenters. The molecule has 4 aromatic rings. The molecule has 2 aromatic carbocycles. The second kappa shape index (κ2) is 6.24. The summed E-state index contributed by atoms with van der Waals surface area (Å²) in [6.07, 6.45) is 3.07. The summed E-state index contributed by atoms with van der Waals surface area (Å²) < 4.78 is 3.65. The first-order valence-corrected chi connectivity index (χ1v) is 8.01. The average Bonchev–Trinajstić information content (AvgIpc) is 3.24. The van der Waals surface area contributed by atoms with Gasteiger partial charge in [0.2, 0.25) is 5.91 Å². The number of aromatic nitrogens is 4. The Labute approximate surface area is 144 Å². The molecular formula is C19H17N5O. The Morgan fingerprint density at radius 1 is 1.12 bits per heavy atom. The molecule has 2 heterocycles. The predicted octanol–water partition coefficient (Wildman–Crippen LogP) is 3.17. The molecule has 0 bridgehead atoms. The molecule has 25 heavy (non-hydrogen) atoms. The summed E-state index contributed by atoms with van der Waals surface area (Å²) in [6, 6.07) is 17.7. The number of benzene rings is 2. The normalized spacial score (nSPS) is 10.9. The maximum Gasteiger partial charge on any atom is 0.244 e. The third-order valence-electron chi connectivity index (χ3n) is 4.16. The van der Waals surface area contributed by atoms with Gasteiger partial charge in [-0.2, -0.15) is 5.10 Å². The second-order valence-corrected chi connectivity index (χ2v) is 5.84. The number of hydrogen-bond donors (Lipinski definition) is 1. The fourth-order valence-electron chi connectivity index (χ4n) is 3.00. The standard InChI is InChI=1S/C19H17N5O/c1-14-10-15-6-2-4-8-17(15)23(14)11-19(25)22-16-7-3-5-9-18(16)24-13-20-12-21-24/h2-10,12-13H,11H2,1H3,(H,22,25). The molecule has 2 aromatic heterocycles. The lowest BCUT2D eigenvalue weighted by Gasteiger charge is -2.12. The van der Waals surface area contributed by atoms with E-state index in [0.717, 1.165) is 22.3 Å².